The van der Waals surface area contributed by atoms with Gasteiger partial charge in [-0.3, -0.25) is 0 Å². The van der Waals surface area contributed by atoms with E-state index in [1.54, 1.807) is 7.11 Å². The number of methoxy groups -OCH3 is 1. The molecule has 0 spiro atoms. The Balaban J connectivity index is 1.56. The molecule has 0 aromatic rings. The number of rotatable bonds is 9. The van der Waals surface area contributed by atoms with Gasteiger partial charge < -0.3 is 44.8 Å². The Morgan fingerprint density at radius 1 is 0.957 bits per heavy atom. The maximum Gasteiger partial charge on any atom is 0.187 e. The third kappa shape index (κ3) is 5.58. The van der Waals surface area contributed by atoms with Crippen molar-refractivity contribution in [2.75, 3.05) is 20.3 Å². The van der Waals surface area contributed by atoms with E-state index in [4.69, 9.17) is 14.2 Å². The van der Waals surface area contributed by atoms with Crippen molar-refractivity contribution in [1.29, 1.82) is 0 Å². The zero-order chi connectivity index (χ0) is 34.0. The number of hydrogen-bond acceptors (Lipinski definition) is 9. The lowest BCUT2D eigenvalue weighted by molar-refractivity contribution is -0.324. The van der Waals surface area contributed by atoms with Gasteiger partial charge >= 0.3 is 0 Å². The molecule has 46 heavy (non-hydrogen) atoms. The van der Waals surface area contributed by atoms with Crippen LogP contribution in [0.5, 0.6) is 0 Å². The van der Waals surface area contributed by atoms with Gasteiger partial charge in [-0.2, -0.15) is 0 Å². The number of allylic oxidation sites excluding steroid dienone is 1. The number of fused-ring (bicyclic) bond motifs is 5. The van der Waals surface area contributed by atoms with Gasteiger partial charge in [-0.1, -0.05) is 58.4 Å². The van der Waals surface area contributed by atoms with Gasteiger partial charge in [0.25, 0.3) is 0 Å². The summed E-state index contributed by atoms with van der Waals surface area (Å²) in [5, 5.41) is 64.8. The van der Waals surface area contributed by atoms with Gasteiger partial charge in [0.05, 0.1) is 24.4 Å². The summed E-state index contributed by atoms with van der Waals surface area (Å²) in [6, 6.07) is 0. The van der Waals surface area contributed by atoms with E-state index in [1.807, 2.05) is 0 Å². The Labute approximate surface area is 276 Å². The van der Waals surface area contributed by atoms with Crippen LogP contribution in [0.1, 0.15) is 93.4 Å². The smallest absolute Gasteiger partial charge is 0.187 e. The molecule has 14 unspecified atom stereocenters. The molecule has 0 aromatic heterocycles. The first-order valence-corrected chi connectivity index (χ1v) is 17.6. The van der Waals surface area contributed by atoms with Crippen molar-refractivity contribution in [3.8, 4) is 0 Å². The lowest BCUT2D eigenvalue weighted by Crippen LogP contribution is -2.66. The topological polar surface area (TPSA) is 149 Å². The Kier molecular flexibility index (Phi) is 10.1. The van der Waals surface area contributed by atoms with Crippen molar-refractivity contribution < 1.29 is 44.8 Å². The first kappa shape index (κ1) is 36.4. The van der Waals surface area contributed by atoms with E-state index in [-0.39, 0.29) is 34.9 Å². The first-order chi connectivity index (χ1) is 21.4. The molecule has 3 saturated carbocycles. The molecule has 264 valence electrons. The summed E-state index contributed by atoms with van der Waals surface area (Å²) in [6.07, 6.45) is 4.71. The van der Waals surface area contributed by atoms with Gasteiger partial charge in [0.15, 0.2) is 6.29 Å². The molecular formula is C37H62O9. The summed E-state index contributed by atoms with van der Waals surface area (Å²) in [5.74, 6) is 0.830. The maximum absolute atomic E-state index is 11.5. The van der Waals surface area contributed by atoms with Crippen LogP contribution < -0.4 is 0 Å². The summed E-state index contributed by atoms with van der Waals surface area (Å²) in [5.41, 5.74) is -0.566. The molecule has 9 heteroatoms. The van der Waals surface area contributed by atoms with Crippen molar-refractivity contribution in [1.82, 2.24) is 0 Å². The van der Waals surface area contributed by atoms with Crippen LogP contribution in [0.3, 0.4) is 0 Å². The van der Waals surface area contributed by atoms with Crippen molar-refractivity contribution in [3.63, 3.8) is 0 Å². The van der Waals surface area contributed by atoms with Crippen molar-refractivity contribution in [3.05, 3.63) is 23.8 Å². The highest BCUT2D eigenvalue weighted by atomic mass is 16.7. The minimum atomic E-state index is -1.55. The van der Waals surface area contributed by atoms with Crippen LogP contribution >= 0.6 is 0 Å². The molecule has 0 aromatic carbocycles. The van der Waals surface area contributed by atoms with Crippen LogP contribution in [0.4, 0.5) is 0 Å². The fraction of sp³-hybridized carbons (Fsp3) is 0.892. The molecule has 5 aliphatic rings. The van der Waals surface area contributed by atoms with E-state index in [2.05, 4.69) is 66.7 Å². The third-order valence-corrected chi connectivity index (χ3v) is 14.2. The van der Waals surface area contributed by atoms with Crippen LogP contribution in [-0.4, -0.2) is 99.5 Å². The zero-order valence-electron chi connectivity index (χ0n) is 29.4. The fourth-order valence-corrected chi connectivity index (χ4v) is 11.0. The molecule has 14 atom stereocenters. The largest absolute Gasteiger partial charge is 0.396 e. The highest BCUT2D eigenvalue weighted by Crippen LogP contribution is 2.75. The summed E-state index contributed by atoms with van der Waals surface area (Å²) in [7, 11) is 1.73. The Morgan fingerprint density at radius 2 is 1.65 bits per heavy atom. The minimum absolute atomic E-state index is 0.0128. The molecule has 0 radical (unpaired) electrons. The van der Waals surface area contributed by atoms with E-state index in [9.17, 15) is 30.6 Å². The summed E-state index contributed by atoms with van der Waals surface area (Å²) in [6.45, 7) is 14.9. The number of ether oxygens (including phenoxy) is 3. The van der Waals surface area contributed by atoms with Gasteiger partial charge in [-0.05, 0) is 87.4 Å². The normalized spacial score (nSPS) is 48.0. The number of aliphatic hydroxyl groups is 6. The number of aliphatic hydroxyl groups excluding tert-OH is 6. The number of hydrogen-bond donors (Lipinski definition) is 6. The monoisotopic (exact) mass is 650 g/mol. The molecule has 4 aliphatic carbocycles. The molecule has 1 saturated heterocycles. The molecule has 9 nitrogen and oxygen atoms in total. The molecule has 0 amide bonds. The first-order valence-electron chi connectivity index (χ1n) is 17.6. The van der Waals surface area contributed by atoms with Crippen molar-refractivity contribution in [2.45, 2.75) is 142 Å². The summed E-state index contributed by atoms with van der Waals surface area (Å²) < 4.78 is 18.3. The van der Waals surface area contributed by atoms with Gasteiger partial charge in [0, 0.05) is 30.5 Å². The van der Waals surface area contributed by atoms with Crippen LogP contribution in [-0.2, 0) is 14.2 Å². The Hall–Kier alpha value is -0.880. The van der Waals surface area contributed by atoms with E-state index >= 15 is 0 Å². The van der Waals surface area contributed by atoms with Crippen molar-refractivity contribution >= 4 is 0 Å². The second-order valence-corrected chi connectivity index (χ2v) is 17.1. The molecule has 1 aliphatic heterocycles. The quantitative estimate of drug-likeness (QED) is 0.205. The van der Waals surface area contributed by atoms with Gasteiger partial charge in [0.2, 0.25) is 0 Å². The van der Waals surface area contributed by atoms with Gasteiger partial charge in [0.1, 0.15) is 24.4 Å². The lowest BCUT2D eigenvalue weighted by Gasteiger charge is -2.67. The van der Waals surface area contributed by atoms with E-state index < -0.39 is 60.4 Å². The van der Waals surface area contributed by atoms with Crippen LogP contribution in [0.25, 0.3) is 0 Å². The molecule has 4 fully saturated rings. The molecule has 0 bridgehead atoms. The van der Waals surface area contributed by atoms with Gasteiger partial charge in [-0.25, -0.2) is 0 Å². The highest BCUT2D eigenvalue weighted by molar-refractivity contribution is 5.33. The summed E-state index contributed by atoms with van der Waals surface area (Å²) >= 11 is 0. The minimum Gasteiger partial charge on any atom is -0.396 e. The lowest BCUT2D eigenvalue weighted by atomic mass is 9.38. The molecule has 1 heterocycles. The summed E-state index contributed by atoms with van der Waals surface area (Å²) in [4.78, 5) is 0. The third-order valence-electron chi connectivity index (χ3n) is 14.2. The van der Waals surface area contributed by atoms with E-state index in [0.717, 1.165) is 44.1 Å². The van der Waals surface area contributed by atoms with E-state index in [1.165, 1.54) is 0 Å². The second-order valence-electron chi connectivity index (χ2n) is 17.1. The standard InChI is InChI=1S/C37H62O9/c1-21(10-9-14-33(2,3)44-8)22-13-15-36(7)31-25(45-32-30(43)29(42)28(41)26(19-38)46-32)18-24-23(11-12-27(40)34(24,4)5)37(31,20-39)17-16-35(22,36)6/h9,14,18,21-23,25-32,38-43H,10-13,15-17,19-20H2,1-8H3/b14-9+. The molecule has 5 rings (SSSR count). The van der Waals surface area contributed by atoms with Crippen LogP contribution in [0.15, 0.2) is 23.8 Å². The molecular weight excluding hydrogens is 588 g/mol. The Morgan fingerprint density at radius 3 is 2.28 bits per heavy atom. The SMILES string of the molecule is COC(C)(C)/C=C/CC(C)C1CCC2(C)C3C(OC4OC(CO)C(O)C(O)C4O)C=C4C(CCC(O)C4(C)C)C3(CO)CCC12C. The predicted molar refractivity (Wildman–Crippen MR) is 174 cm³/mol. The van der Waals surface area contributed by atoms with Crippen LogP contribution in [0.2, 0.25) is 0 Å². The van der Waals surface area contributed by atoms with Gasteiger partial charge in [-0.15, -0.1) is 0 Å². The molecule has 6 N–H and O–H groups in total. The Bertz CT molecular complexity index is 1150. The average molecular weight is 651 g/mol. The fourth-order valence-electron chi connectivity index (χ4n) is 11.0. The average Bonchev–Trinajstić information content (AvgIpc) is 3.29. The zero-order valence-corrected chi connectivity index (χ0v) is 29.4. The van der Waals surface area contributed by atoms with Crippen molar-refractivity contribution in [2.24, 2.45) is 45.3 Å². The maximum atomic E-state index is 11.5. The van der Waals surface area contributed by atoms with Crippen LogP contribution in [0, 0.1) is 45.3 Å². The van der Waals surface area contributed by atoms with E-state index in [0.29, 0.717) is 18.3 Å². The predicted octanol–water partition coefficient (Wildman–Crippen LogP) is 3.73. The highest BCUT2D eigenvalue weighted by Gasteiger charge is 2.71. The second kappa shape index (κ2) is 12.8.